The van der Waals surface area contributed by atoms with E-state index in [9.17, 15) is 4.39 Å². The summed E-state index contributed by atoms with van der Waals surface area (Å²) >= 11 is 6.05. The van der Waals surface area contributed by atoms with Crippen LogP contribution in [0, 0.1) is 28.5 Å². The molecule has 20 heavy (non-hydrogen) atoms. The Balaban J connectivity index is 2.13. The Morgan fingerprint density at radius 3 is 2.55 bits per heavy atom. The van der Waals surface area contributed by atoms with Gasteiger partial charge in [-0.25, -0.2) is 4.39 Å². The average Bonchev–Trinajstić information content (AvgIpc) is 2.47. The Morgan fingerprint density at radius 2 is 1.90 bits per heavy atom. The number of hydrogen-bond donors (Lipinski definition) is 1. The van der Waals surface area contributed by atoms with Crippen LogP contribution in [0.3, 0.4) is 0 Å². The summed E-state index contributed by atoms with van der Waals surface area (Å²) in [5.41, 5.74) is 1.92. The summed E-state index contributed by atoms with van der Waals surface area (Å²) in [6.45, 7) is 0.418. The molecular weight excluding hydrogens is 277 g/mol. The highest BCUT2D eigenvalue weighted by Crippen LogP contribution is 2.20. The fourth-order valence-corrected chi connectivity index (χ4v) is 1.93. The number of benzene rings is 2. The first kappa shape index (κ1) is 13.9. The van der Waals surface area contributed by atoms with Gasteiger partial charge in [0.2, 0.25) is 0 Å². The van der Waals surface area contributed by atoms with Crippen LogP contribution in [0.5, 0.6) is 0 Å². The van der Waals surface area contributed by atoms with Crippen LogP contribution < -0.4 is 5.32 Å². The molecule has 0 aliphatic carbocycles. The molecule has 3 nitrogen and oxygen atoms in total. The zero-order valence-corrected chi connectivity index (χ0v) is 11.1. The third-order valence-electron chi connectivity index (χ3n) is 2.75. The van der Waals surface area contributed by atoms with Crippen molar-refractivity contribution < 1.29 is 4.39 Å². The predicted octanol–water partition coefficient (Wildman–Crippen LogP) is 3.83. The van der Waals surface area contributed by atoms with E-state index in [-0.39, 0.29) is 5.56 Å². The smallest absolute Gasteiger partial charge is 0.141 e. The summed E-state index contributed by atoms with van der Waals surface area (Å²) < 4.78 is 13.2. The van der Waals surface area contributed by atoms with Gasteiger partial charge in [0.1, 0.15) is 11.9 Å². The van der Waals surface area contributed by atoms with E-state index in [1.165, 1.54) is 12.1 Å². The third kappa shape index (κ3) is 3.06. The fourth-order valence-electron chi connectivity index (χ4n) is 1.68. The molecule has 0 aromatic heterocycles. The maximum absolute atomic E-state index is 13.2. The minimum absolute atomic E-state index is 0.0130. The van der Waals surface area contributed by atoms with Gasteiger partial charge >= 0.3 is 0 Å². The van der Waals surface area contributed by atoms with Gasteiger partial charge in [-0.2, -0.15) is 10.5 Å². The highest BCUT2D eigenvalue weighted by atomic mass is 35.5. The Hall–Kier alpha value is -2.56. The van der Waals surface area contributed by atoms with Crippen molar-refractivity contribution >= 4 is 17.3 Å². The molecule has 0 saturated heterocycles. The van der Waals surface area contributed by atoms with Crippen LogP contribution in [0.15, 0.2) is 36.4 Å². The van der Waals surface area contributed by atoms with E-state index in [0.29, 0.717) is 22.8 Å². The van der Waals surface area contributed by atoms with Crippen LogP contribution in [0.25, 0.3) is 0 Å². The number of anilines is 1. The largest absolute Gasteiger partial charge is 0.381 e. The Kier molecular flexibility index (Phi) is 4.20. The van der Waals surface area contributed by atoms with Gasteiger partial charge in [0.05, 0.1) is 17.2 Å². The van der Waals surface area contributed by atoms with Crippen LogP contribution in [0.4, 0.5) is 10.1 Å². The lowest BCUT2D eigenvalue weighted by Gasteiger charge is -2.09. The lowest BCUT2D eigenvalue weighted by atomic mass is 10.1. The highest BCUT2D eigenvalue weighted by molar-refractivity contribution is 6.31. The van der Waals surface area contributed by atoms with Crippen molar-refractivity contribution in [1.29, 1.82) is 10.5 Å². The average molecular weight is 286 g/mol. The molecule has 0 saturated carbocycles. The summed E-state index contributed by atoms with van der Waals surface area (Å²) in [5, 5.41) is 21.1. The van der Waals surface area contributed by atoms with Crippen molar-refractivity contribution in [3.63, 3.8) is 0 Å². The fraction of sp³-hybridized carbons (Fsp3) is 0.0667. The van der Waals surface area contributed by atoms with Gasteiger partial charge in [-0.3, -0.25) is 0 Å². The van der Waals surface area contributed by atoms with Crippen molar-refractivity contribution in [2.24, 2.45) is 0 Å². The number of nitrogens with one attached hydrogen (secondary N) is 1. The lowest BCUT2D eigenvalue weighted by molar-refractivity contribution is 0.624. The minimum atomic E-state index is -0.547. The van der Waals surface area contributed by atoms with Crippen LogP contribution >= 0.6 is 11.6 Å². The van der Waals surface area contributed by atoms with Gasteiger partial charge < -0.3 is 5.32 Å². The molecule has 2 aromatic carbocycles. The second kappa shape index (κ2) is 6.06. The summed E-state index contributed by atoms with van der Waals surface area (Å²) in [5.74, 6) is -0.547. The van der Waals surface area contributed by atoms with Gasteiger partial charge in [-0.15, -0.1) is 0 Å². The van der Waals surface area contributed by atoms with E-state index >= 15 is 0 Å². The van der Waals surface area contributed by atoms with E-state index in [2.05, 4.69) is 5.32 Å². The molecule has 0 atom stereocenters. The van der Waals surface area contributed by atoms with Crippen molar-refractivity contribution in [3.05, 3.63) is 63.9 Å². The van der Waals surface area contributed by atoms with Gasteiger partial charge in [-0.05, 0) is 35.9 Å². The van der Waals surface area contributed by atoms with Gasteiger partial charge in [0, 0.05) is 17.3 Å². The number of halogens is 2. The third-order valence-corrected chi connectivity index (χ3v) is 3.10. The maximum Gasteiger partial charge on any atom is 0.141 e. The van der Waals surface area contributed by atoms with Gasteiger partial charge in [0.25, 0.3) is 0 Å². The van der Waals surface area contributed by atoms with E-state index in [0.717, 1.165) is 5.56 Å². The number of hydrogen-bond acceptors (Lipinski definition) is 3. The normalized spacial score (nSPS) is 9.60. The van der Waals surface area contributed by atoms with Crippen molar-refractivity contribution in [2.45, 2.75) is 6.54 Å². The SMILES string of the molecule is N#Cc1ccc(CNc2ccc(F)c(C#N)c2)c(Cl)c1. The number of nitriles is 2. The first-order chi connectivity index (χ1) is 9.63. The molecule has 1 N–H and O–H groups in total. The highest BCUT2D eigenvalue weighted by Gasteiger charge is 2.05. The molecule has 0 spiro atoms. The predicted molar refractivity (Wildman–Crippen MR) is 74.6 cm³/mol. The Bertz CT molecular complexity index is 729. The Morgan fingerprint density at radius 1 is 1.10 bits per heavy atom. The monoisotopic (exact) mass is 285 g/mol. The van der Waals surface area contributed by atoms with E-state index in [1.54, 1.807) is 30.3 Å². The van der Waals surface area contributed by atoms with E-state index in [4.69, 9.17) is 22.1 Å². The van der Waals surface area contributed by atoms with Crippen LogP contribution in [-0.4, -0.2) is 0 Å². The minimum Gasteiger partial charge on any atom is -0.381 e. The molecule has 2 aromatic rings. The topological polar surface area (TPSA) is 59.6 Å². The molecule has 0 aliphatic heterocycles. The van der Waals surface area contributed by atoms with E-state index in [1.807, 2.05) is 6.07 Å². The van der Waals surface area contributed by atoms with Gasteiger partial charge in [0.15, 0.2) is 0 Å². The van der Waals surface area contributed by atoms with E-state index < -0.39 is 5.82 Å². The molecule has 98 valence electrons. The molecule has 0 amide bonds. The second-order valence-corrected chi connectivity index (χ2v) is 4.49. The van der Waals surface area contributed by atoms with Crippen LogP contribution in [0.1, 0.15) is 16.7 Å². The zero-order chi connectivity index (χ0) is 14.5. The van der Waals surface area contributed by atoms with Crippen molar-refractivity contribution in [2.75, 3.05) is 5.32 Å². The Labute approximate surface area is 120 Å². The van der Waals surface area contributed by atoms with Crippen LogP contribution in [-0.2, 0) is 6.54 Å². The number of nitrogens with zero attached hydrogens (tertiary/aromatic N) is 2. The molecule has 0 heterocycles. The molecule has 0 fully saturated rings. The standard InChI is InChI=1S/C15H9ClFN3/c16-14-5-10(7-18)1-2-11(14)9-20-13-3-4-15(17)12(6-13)8-19/h1-6,20H,9H2. The molecule has 5 heteroatoms. The molecule has 0 radical (unpaired) electrons. The first-order valence-corrected chi connectivity index (χ1v) is 6.14. The molecular formula is C15H9ClFN3. The number of rotatable bonds is 3. The van der Waals surface area contributed by atoms with Crippen LogP contribution in [0.2, 0.25) is 5.02 Å². The maximum atomic E-state index is 13.2. The molecule has 0 aliphatic rings. The molecule has 0 unspecified atom stereocenters. The summed E-state index contributed by atoms with van der Waals surface area (Å²) in [6.07, 6.45) is 0. The molecule has 0 bridgehead atoms. The summed E-state index contributed by atoms with van der Waals surface area (Å²) in [4.78, 5) is 0. The lowest BCUT2D eigenvalue weighted by Crippen LogP contribution is -2.01. The quantitative estimate of drug-likeness (QED) is 0.932. The first-order valence-electron chi connectivity index (χ1n) is 5.76. The molecule has 2 rings (SSSR count). The summed E-state index contributed by atoms with van der Waals surface area (Å²) in [6, 6.07) is 13.0. The zero-order valence-electron chi connectivity index (χ0n) is 10.3. The van der Waals surface area contributed by atoms with Crippen molar-refractivity contribution in [3.8, 4) is 12.1 Å². The van der Waals surface area contributed by atoms with Gasteiger partial charge in [-0.1, -0.05) is 17.7 Å². The second-order valence-electron chi connectivity index (χ2n) is 4.08. The van der Waals surface area contributed by atoms with Crippen molar-refractivity contribution in [1.82, 2.24) is 0 Å². The summed E-state index contributed by atoms with van der Waals surface area (Å²) in [7, 11) is 0.